The molecule has 0 amide bonds. The number of hydrogen-bond acceptors (Lipinski definition) is 3. The van der Waals surface area contributed by atoms with Gasteiger partial charge in [0.25, 0.3) is 0 Å². The molecule has 1 fully saturated rings. The lowest BCUT2D eigenvalue weighted by molar-refractivity contribution is -0.147. The number of rotatable bonds is 5. The molecule has 0 aromatic heterocycles. The van der Waals surface area contributed by atoms with E-state index in [1.54, 1.807) is 0 Å². The average molecular weight is 324 g/mol. The second-order valence-electron chi connectivity index (χ2n) is 6.37. The maximum absolute atomic E-state index is 12.1. The quantitative estimate of drug-likeness (QED) is 0.747. The van der Waals surface area contributed by atoms with Crippen molar-refractivity contribution >= 4 is 5.97 Å². The molecule has 0 aliphatic heterocycles. The highest BCUT2D eigenvalue weighted by Crippen LogP contribution is 2.38. The van der Waals surface area contributed by atoms with E-state index in [4.69, 9.17) is 9.47 Å². The number of esters is 1. The van der Waals surface area contributed by atoms with Gasteiger partial charge in [0.05, 0.1) is 13.0 Å². The van der Waals surface area contributed by atoms with Crippen LogP contribution in [-0.4, -0.2) is 13.1 Å². The summed E-state index contributed by atoms with van der Waals surface area (Å²) in [5.41, 5.74) is 2.35. The molecule has 0 heterocycles. The van der Waals surface area contributed by atoms with Crippen LogP contribution in [0, 0.1) is 5.92 Å². The Bertz CT molecular complexity index is 666. The Morgan fingerprint density at radius 3 is 2.62 bits per heavy atom. The van der Waals surface area contributed by atoms with Gasteiger partial charge in [-0.15, -0.1) is 0 Å². The van der Waals surface area contributed by atoms with Crippen molar-refractivity contribution in [1.29, 1.82) is 0 Å². The lowest BCUT2D eigenvalue weighted by atomic mass is 9.75. The molecule has 0 spiro atoms. The highest BCUT2D eigenvalue weighted by Gasteiger charge is 2.32. The van der Waals surface area contributed by atoms with E-state index in [1.165, 1.54) is 19.1 Å². The Morgan fingerprint density at radius 1 is 1.04 bits per heavy atom. The van der Waals surface area contributed by atoms with Crippen molar-refractivity contribution in [3.63, 3.8) is 0 Å². The van der Waals surface area contributed by atoms with Gasteiger partial charge in [0, 0.05) is 0 Å². The number of carbonyl (C=O) groups is 1. The number of carbonyl (C=O) groups excluding carboxylic acids is 1. The monoisotopic (exact) mass is 324 g/mol. The predicted octanol–water partition coefficient (Wildman–Crippen LogP) is 4.71. The summed E-state index contributed by atoms with van der Waals surface area (Å²) in [6.07, 6.45) is 4.24. The number of methoxy groups -OCH3 is 1. The van der Waals surface area contributed by atoms with Gasteiger partial charge in [-0.25, -0.2) is 0 Å². The zero-order valence-electron chi connectivity index (χ0n) is 14.1. The van der Waals surface area contributed by atoms with E-state index in [0.717, 1.165) is 30.6 Å². The predicted molar refractivity (Wildman–Crippen MR) is 93.9 cm³/mol. The molecule has 0 unspecified atom stereocenters. The molecule has 126 valence electrons. The van der Waals surface area contributed by atoms with Gasteiger partial charge in [0.1, 0.15) is 12.4 Å². The van der Waals surface area contributed by atoms with Gasteiger partial charge in [-0.2, -0.15) is 0 Å². The van der Waals surface area contributed by atoms with Crippen LogP contribution in [0.15, 0.2) is 54.6 Å². The molecule has 0 saturated heterocycles. The number of hydrogen-bond donors (Lipinski definition) is 0. The smallest absolute Gasteiger partial charge is 0.309 e. The second-order valence-corrected chi connectivity index (χ2v) is 6.37. The van der Waals surface area contributed by atoms with Gasteiger partial charge in [-0.1, -0.05) is 55.3 Å². The van der Waals surface area contributed by atoms with Gasteiger partial charge in [-0.3, -0.25) is 4.79 Å². The van der Waals surface area contributed by atoms with Crippen molar-refractivity contribution in [3.8, 4) is 5.75 Å². The molecule has 1 saturated carbocycles. The van der Waals surface area contributed by atoms with Crippen LogP contribution < -0.4 is 4.74 Å². The standard InChI is InChI=1S/C21H24O3/c1-23-21(22)20-13-6-5-12-19(20)17-9-7-8-16(14-17)15-24-18-10-3-2-4-11-18/h2-4,7-11,14,19-20H,5-6,12-13,15H2,1H3/t19-,20+/m1/s1. The van der Waals surface area contributed by atoms with Crippen molar-refractivity contribution < 1.29 is 14.3 Å². The lowest BCUT2D eigenvalue weighted by Gasteiger charge is -2.30. The van der Waals surface area contributed by atoms with E-state index < -0.39 is 0 Å². The molecule has 1 aliphatic rings. The van der Waals surface area contributed by atoms with E-state index in [9.17, 15) is 4.79 Å². The van der Waals surface area contributed by atoms with E-state index in [-0.39, 0.29) is 17.8 Å². The van der Waals surface area contributed by atoms with Crippen LogP contribution in [0.1, 0.15) is 42.7 Å². The van der Waals surface area contributed by atoms with Gasteiger partial charge >= 0.3 is 5.97 Å². The molecule has 0 radical (unpaired) electrons. The second kappa shape index (κ2) is 8.00. The first-order chi connectivity index (χ1) is 11.8. The first kappa shape index (κ1) is 16.6. The molecule has 3 nitrogen and oxygen atoms in total. The minimum Gasteiger partial charge on any atom is -0.489 e. The minimum atomic E-state index is -0.0781. The van der Waals surface area contributed by atoms with E-state index in [1.807, 2.05) is 30.3 Å². The molecular formula is C21H24O3. The van der Waals surface area contributed by atoms with Crippen LogP contribution in [0.25, 0.3) is 0 Å². The highest BCUT2D eigenvalue weighted by atomic mass is 16.5. The summed E-state index contributed by atoms with van der Waals surface area (Å²) in [6, 6.07) is 18.3. The van der Waals surface area contributed by atoms with Crippen LogP contribution >= 0.6 is 0 Å². The molecule has 3 heteroatoms. The first-order valence-corrected chi connectivity index (χ1v) is 8.62. The fourth-order valence-corrected chi connectivity index (χ4v) is 3.56. The summed E-state index contributed by atoms with van der Waals surface area (Å²) >= 11 is 0. The van der Waals surface area contributed by atoms with Crippen LogP contribution in [0.4, 0.5) is 0 Å². The highest BCUT2D eigenvalue weighted by molar-refractivity contribution is 5.73. The fourth-order valence-electron chi connectivity index (χ4n) is 3.56. The first-order valence-electron chi connectivity index (χ1n) is 8.62. The van der Waals surface area contributed by atoms with Crippen LogP contribution in [-0.2, 0) is 16.1 Å². The third-order valence-corrected chi connectivity index (χ3v) is 4.80. The van der Waals surface area contributed by atoms with Crippen molar-refractivity contribution in [2.24, 2.45) is 5.92 Å². The summed E-state index contributed by atoms with van der Waals surface area (Å²) in [5.74, 6) is 1.02. The molecular weight excluding hydrogens is 300 g/mol. The summed E-state index contributed by atoms with van der Waals surface area (Å²) in [4.78, 5) is 12.1. The third-order valence-electron chi connectivity index (χ3n) is 4.80. The zero-order chi connectivity index (χ0) is 16.8. The van der Waals surface area contributed by atoms with Gasteiger partial charge in [-0.05, 0) is 42.0 Å². The minimum absolute atomic E-state index is 0.0194. The van der Waals surface area contributed by atoms with Gasteiger partial charge < -0.3 is 9.47 Å². The van der Waals surface area contributed by atoms with E-state index >= 15 is 0 Å². The molecule has 0 N–H and O–H groups in total. The summed E-state index contributed by atoms with van der Waals surface area (Å²) in [7, 11) is 1.48. The maximum atomic E-state index is 12.1. The number of para-hydroxylation sites is 1. The molecule has 0 bridgehead atoms. The van der Waals surface area contributed by atoms with Crippen LogP contribution in [0.3, 0.4) is 0 Å². The largest absolute Gasteiger partial charge is 0.489 e. The molecule has 2 aromatic rings. The third kappa shape index (κ3) is 3.97. The topological polar surface area (TPSA) is 35.5 Å². The molecule has 2 aromatic carbocycles. The van der Waals surface area contributed by atoms with Crippen molar-refractivity contribution in [1.82, 2.24) is 0 Å². The Kier molecular flexibility index (Phi) is 5.52. The Morgan fingerprint density at radius 2 is 1.83 bits per heavy atom. The van der Waals surface area contributed by atoms with Crippen molar-refractivity contribution in [2.75, 3.05) is 7.11 Å². The summed E-state index contributed by atoms with van der Waals surface area (Å²) in [6.45, 7) is 0.535. The number of ether oxygens (including phenoxy) is 2. The van der Waals surface area contributed by atoms with Gasteiger partial charge in [0.15, 0.2) is 0 Å². The van der Waals surface area contributed by atoms with E-state index in [2.05, 4.69) is 24.3 Å². The van der Waals surface area contributed by atoms with E-state index in [0.29, 0.717) is 6.61 Å². The molecule has 1 aliphatic carbocycles. The summed E-state index contributed by atoms with van der Waals surface area (Å²) < 4.78 is 10.9. The zero-order valence-corrected chi connectivity index (χ0v) is 14.1. The SMILES string of the molecule is COC(=O)[C@H]1CCCC[C@@H]1c1cccc(COc2ccccc2)c1. The fraction of sp³-hybridized carbons (Fsp3) is 0.381. The normalized spacial score (nSPS) is 20.4. The number of benzene rings is 2. The Labute approximate surface area is 143 Å². The van der Waals surface area contributed by atoms with Crippen LogP contribution in [0.5, 0.6) is 5.75 Å². The van der Waals surface area contributed by atoms with Crippen molar-refractivity contribution in [2.45, 2.75) is 38.2 Å². The Balaban J connectivity index is 1.72. The van der Waals surface area contributed by atoms with Crippen molar-refractivity contribution in [3.05, 3.63) is 65.7 Å². The average Bonchev–Trinajstić information content (AvgIpc) is 2.67. The summed E-state index contributed by atoms with van der Waals surface area (Å²) in [5, 5.41) is 0. The molecule has 24 heavy (non-hydrogen) atoms. The van der Waals surface area contributed by atoms with Crippen LogP contribution in [0.2, 0.25) is 0 Å². The maximum Gasteiger partial charge on any atom is 0.309 e. The molecule has 3 rings (SSSR count). The lowest BCUT2D eigenvalue weighted by Crippen LogP contribution is -2.26. The van der Waals surface area contributed by atoms with Gasteiger partial charge in [0.2, 0.25) is 0 Å². The Hall–Kier alpha value is -2.29. The molecule has 2 atom stereocenters.